The van der Waals surface area contributed by atoms with Crippen LogP contribution in [0.15, 0.2) is 0 Å². The Hall–Kier alpha value is -0.570. The zero-order valence-corrected chi connectivity index (χ0v) is 7.34. The standard InChI is InChI=1S/C8H18N2O/c1-3-6(2)7(5-9)4-8(10)11/h6-7H,3-5,9H2,1-2H3,(H2,10,11). The van der Waals surface area contributed by atoms with Crippen molar-refractivity contribution in [3.63, 3.8) is 0 Å². The third-order valence-corrected chi connectivity index (χ3v) is 2.21. The molecule has 0 heterocycles. The van der Waals surface area contributed by atoms with E-state index in [2.05, 4.69) is 13.8 Å². The number of rotatable bonds is 5. The summed E-state index contributed by atoms with van der Waals surface area (Å²) >= 11 is 0. The van der Waals surface area contributed by atoms with Crippen molar-refractivity contribution in [2.45, 2.75) is 26.7 Å². The van der Waals surface area contributed by atoms with Crippen LogP contribution in [0.5, 0.6) is 0 Å². The number of carbonyl (C=O) groups is 1. The van der Waals surface area contributed by atoms with Crippen molar-refractivity contribution < 1.29 is 4.79 Å². The Balaban J connectivity index is 3.84. The average Bonchev–Trinajstić information content (AvgIpc) is 1.98. The first-order chi connectivity index (χ1) is 5.11. The number of hydrogen-bond acceptors (Lipinski definition) is 2. The van der Waals surface area contributed by atoms with Crippen LogP contribution < -0.4 is 11.5 Å². The van der Waals surface area contributed by atoms with Gasteiger partial charge in [0, 0.05) is 6.42 Å². The van der Waals surface area contributed by atoms with Crippen LogP contribution in [0.2, 0.25) is 0 Å². The van der Waals surface area contributed by atoms with Crippen molar-refractivity contribution >= 4 is 5.91 Å². The predicted octanol–water partition coefficient (Wildman–Crippen LogP) is 0.483. The molecule has 2 unspecified atom stereocenters. The van der Waals surface area contributed by atoms with Crippen LogP contribution in [0.4, 0.5) is 0 Å². The van der Waals surface area contributed by atoms with E-state index in [0.29, 0.717) is 18.9 Å². The monoisotopic (exact) mass is 158 g/mol. The van der Waals surface area contributed by atoms with Gasteiger partial charge in [-0.05, 0) is 18.4 Å². The molecule has 0 aliphatic heterocycles. The maximum atomic E-state index is 10.6. The van der Waals surface area contributed by atoms with Crippen molar-refractivity contribution in [3.8, 4) is 0 Å². The maximum absolute atomic E-state index is 10.6. The molecule has 0 aromatic carbocycles. The number of nitrogens with two attached hydrogens (primary N) is 2. The molecule has 3 nitrogen and oxygen atoms in total. The fraction of sp³-hybridized carbons (Fsp3) is 0.875. The van der Waals surface area contributed by atoms with E-state index in [0.717, 1.165) is 6.42 Å². The molecular formula is C8H18N2O. The highest BCUT2D eigenvalue weighted by Gasteiger charge is 2.15. The van der Waals surface area contributed by atoms with E-state index in [1.807, 2.05) is 0 Å². The van der Waals surface area contributed by atoms with Gasteiger partial charge in [0.1, 0.15) is 0 Å². The summed E-state index contributed by atoms with van der Waals surface area (Å²) in [6, 6.07) is 0. The van der Waals surface area contributed by atoms with Gasteiger partial charge in [-0.1, -0.05) is 20.3 Å². The lowest BCUT2D eigenvalue weighted by atomic mass is 9.89. The Kier molecular flexibility index (Phi) is 4.86. The minimum absolute atomic E-state index is 0.249. The summed E-state index contributed by atoms with van der Waals surface area (Å²) in [4.78, 5) is 10.6. The van der Waals surface area contributed by atoms with Gasteiger partial charge >= 0.3 is 0 Å². The lowest BCUT2D eigenvalue weighted by molar-refractivity contribution is -0.119. The molecular weight excluding hydrogens is 140 g/mol. The molecule has 0 bridgehead atoms. The molecule has 0 saturated carbocycles. The van der Waals surface area contributed by atoms with Crippen LogP contribution in [-0.4, -0.2) is 12.5 Å². The first kappa shape index (κ1) is 10.4. The third kappa shape index (κ3) is 3.98. The topological polar surface area (TPSA) is 69.1 Å². The molecule has 0 aromatic rings. The van der Waals surface area contributed by atoms with Crippen molar-refractivity contribution in [1.82, 2.24) is 0 Å². The minimum atomic E-state index is -0.249. The third-order valence-electron chi connectivity index (χ3n) is 2.21. The Labute approximate surface area is 68.1 Å². The van der Waals surface area contributed by atoms with E-state index in [1.54, 1.807) is 0 Å². The zero-order valence-electron chi connectivity index (χ0n) is 7.34. The highest BCUT2D eigenvalue weighted by molar-refractivity contribution is 5.74. The van der Waals surface area contributed by atoms with Crippen LogP contribution in [-0.2, 0) is 4.79 Å². The summed E-state index contributed by atoms with van der Waals surface area (Å²) in [5, 5.41) is 0. The van der Waals surface area contributed by atoms with Crippen molar-refractivity contribution in [3.05, 3.63) is 0 Å². The van der Waals surface area contributed by atoms with Crippen molar-refractivity contribution in [1.29, 1.82) is 0 Å². The van der Waals surface area contributed by atoms with Gasteiger partial charge in [-0.2, -0.15) is 0 Å². The normalized spacial score (nSPS) is 15.9. The van der Waals surface area contributed by atoms with Crippen LogP contribution >= 0.6 is 0 Å². The summed E-state index contributed by atoms with van der Waals surface area (Å²) in [6.45, 7) is 4.74. The van der Waals surface area contributed by atoms with Crippen LogP contribution in [0.25, 0.3) is 0 Å². The largest absolute Gasteiger partial charge is 0.370 e. The lowest BCUT2D eigenvalue weighted by Crippen LogP contribution is -2.27. The SMILES string of the molecule is CCC(C)C(CN)CC(N)=O. The van der Waals surface area contributed by atoms with Gasteiger partial charge in [-0.3, -0.25) is 4.79 Å². The Morgan fingerprint density at radius 1 is 1.55 bits per heavy atom. The number of primary amides is 1. The smallest absolute Gasteiger partial charge is 0.217 e. The fourth-order valence-corrected chi connectivity index (χ4v) is 1.11. The summed E-state index contributed by atoms with van der Waals surface area (Å²) in [7, 11) is 0. The zero-order chi connectivity index (χ0) is 8.85. The summed E-state index contributed by atoms with van der Waals surface area (Å²) in [5.74, 6) is 0.505. The van der Waals surface area contributed by atoms with Crippen molar-refractivity contribution in [2.75, 3.05) is 6.54 Å². The van der Waals surface area contributed by atoms with Gasteiger partial charge in [0.2, 0.25) is 5.91 Å². The van der Waals surface area contributed by atoms with Crippen molar-refractivity contribution in [2.24, 2.45) is 23.3 Å². The molecule has 0 radical (unpaired) electrons. The Bertz CT molecular complexity index is 125. The van der Waals surface area contributed by atoms with Gasteiger partial charge in [0.25, 0.3) is 0 Å². The van der Waals surface area contributed by atoms with E-state index in [1.165, 1.54) is 0 Å². The average molecular weight is 158 g/mol. The maximum Gasteiger partial charge on any atom is 0.217 e. The molecule has 0 aromatic heterocycles. The van der Waals surface area contributed by atoms with Gasteiger partial charge in [0.15, 0.2) is 0 Å². The second-order valence-electron chi connectivity index (χ2n) is 3.05. The van der Waals surface area contributed by atoms with Crippen LogP contribution in [0.1, 0.15) is 26.7 Å². The van der Waals surface area contributed by atoms with Crippen LogP contribution in [0, 0.1) is 11.8 Å². The predicted molar refractivity (Wildman–Crippen MR) is 45.8 cm³/mol. The van der Waals surface area contributed by atoms with E-state index in [9.17, 15) is 4.79 Å². The lowest BCUT2D eigenvalue weighted by Gasteiger charge is -2.19. The highest BCUT2D eigenvalue weighted by atomic mass is 16.1. The molecule has 0 spiro atoms. The molecule has 66 valence electrons. The molecule has 0 rings (SSSR count). The van der Waals surface area contributed by atoms with E-state index < -0.39 is 0 Å². The molecule has 0 saturated heterocycles. The van der Waals surface area contributed by atoms with E-state index in [-0.39, 0.29) is 11.8 Å². The Morgan fingerprint density at radius 2 is 2.09 bits per heavy atom. The first-order valence-electron chi connectivity index (χ1n) is 4.10. The van der Waals surface area contributed by atoms with Gasteiger partial charge in [0.05, 0.1) is 0 Å². The second-order valence-corrected chi connectivity index (χ2v) is 3.05. The Morgan fingerprint density at radius 3 is 2.36 bits per heavy atom. The number of hydrogen-bond donors (Lipinski definition) is 2. The second kappa shape index (κ2) is 5.13. The molecule has 4 N–H and O–H groups in total. The van der Waals surface area contributed by atoms with Crippen LogP contribution in [0.3, 0.4) is 0 Å². The van der Waals surface area contributed by atoms with E-state index in [4.69, 9.17) is 11.5 Å². The van der Waals surface area contributed by atoms with Gasteiger partial charge in [-0.15, -0.1) is 0 Å². The van der Waals surface area contributed by atoms with E-state index >= 15 is 0 Å². The number of amides is 1. The minimum Gasteiger partial charge on any atom is -0.370 e. The molecule has 2 atom stereocenters. The molecule has 0 aliphatic carbocycles. The first-order valence-corrected chi connectivity index (χ1v) is 4.10. The summed E-state index contributed by atoms with van der Waals surface area (Å²) in [5.41, 5.74) is 10.6. The quantitative estimate of drug-likeness (QED) is 0.611. The highest BCUT2D eigenvalue weighted by Crippen LogP contribution is 2.16. The summed E-state index contributed by atoms with van der Waals surface area (Å²) in [6.07, 6.45) is 1.47. The molecule has 0 aliphatic rings. The molecule has 1 amide bonds. The molecule has 11 heavy (non-hydrogen) atoms. The molecule has 3 heteroatoms. The summed E-state index contributed by atoms with van der Waals surface area (Å²) < 4.78 is 0. The fourth-order valence-electron chi connectivity index (χ4n) is 1.11. The van der Waals surface area contributed by atoms with Gasteiger partial charge < -0.3 is 11.5 Å². The number of carbonyl (C=O) groups excluding carboxylic acids is 1. The molecule has 0 fully saturated rings. The van der Waals surface area contributed by atoms with Gasteiger partial charge in [-0.25, -0.2) is 0 Å².